The molecule has 0 amide bonds. The van der Waals surface area contributed by atoms with Crippen LogP contribution in [0, 0.1) is 0 Å². The lowest BCUT2D eigenvalue weighted by molar-refractivity contribution is -0.107. The predicted octanol–water partition coefficient (Wildman–Crippen LogP) is 1.29. The van der Waals surface area contributed by atoms with Crippen LogP contribution in [0.1, 0.15) is 13.3 Å². The molecule has 0 N–H and O–H groups in total. The molecule has 0 aliphatic carbocycles. The highest BCUT2D eigenvalue weighted by molar-refractivity contribution is 5.48. The van der Waals surface area contributed by atoms with Crippen molar-refractivity contribution in [2.24, 2.45) is 0 Å². The third-order valence-corrected chi connectivity index (χ3v) is 0.532. The zero-order valence-corrected chi connectivity index (χ0v) is 6.42. The first-order chi connectivity index (χ1) is 4.18. The minimum absolute atomic E-state index is 0.639. The van der Waals surface area contributed by atoms with Gasteiger partial charge in [0.05, 0.1) is 0 Å². The summed E-state index contributed by atoms with van der Waals surface area (Å²) < 4.78 is 0. The fourth-order valence-electron chi connectivity index (χ4n) is 0. The maximum Gasteiger partial charge on any atom is 0.119 e. The van der Waals surface area contributed by atoms with Crippen molar-refractivity contribution in [3.63, 3.8) is 0 Å². The summed E-state index contributed by atoms with van der Waals surface area (Å²) in [6.45, 7) is 5.30. The van der Waals surface area contributed by atoms with Gasteiger partial charge in [0.25, 0.3) is 0 Å². The maximum absolute atomic E-state index is 9.17. The first-order valence-electron chi connectivity index (χ1n) is 2.91. The van der Waals surface area contributed by atoms with E-state index in [-0.39, 0.29) is 0 Å². The van der Waals surface area contributed by atoms with Crippen LogP contribution >= 0.6 is 0 Å². The number of hydrogen-bond donors (Lipinski definition) is 0. The number of carbonyl (C=O) groups is 1. The van der Waals surface area contributed by atoms with E-state index in [1.54, 1.807) is 6.20 Å². The quantitative estimate of drug-likeness (QED) is 0.523. The maximum atomic E-state index is 9.17. The molecule has 0 aromatic carbocycles. The summed E-state index contributed by atoms with van der Waals surface area (Å²) in [4.78, 5) is 11.1. The van der Waals surface area contributed by atoms with Gasteiger partial charge in [-0.3, -0.25) is 0 Å². The summed E-state index contributed by atoms with van der Waals surface area (Å²) in [7, 11) is 3.88. The van der Waals surface area contributed by atoms with Crippen LogP contribution in [0.15, 0.2) is 12.8 Å². The molecule has 0 saturated heterocycles. The standard InChI is InChI=1S/C4H9N.C3H6O/c1-4-5(2)3;1-2-3-4/h4H,1H2,2-3H3;3H,2H2,1H3. The smallest absolute Gasteiger partial charge is 0.119 e. The Morgan fingerprint density at radius 1 is 1.56 bits per heavy atom. The largest absolute Gasteiger partial charge is 0.384 e. The number of hydrogen-bond acceptors (Lipinski definition) is 2. The Labute approximate surface area is 57.2 Å². The molecule has 0 unspecified atom stereocenters. The molecule has 9 heavy (non-hydrogen) atoms. The molecule has 0 spiro atoms. The molecule has 0 bridgehead atoms. The molecular weight excluding hydrogens is 114 g/mol. The molecule has 0 aliphatic rings. The van der Waals surface area contributed by atoms with E-state index in [0.29, 0.717) is 6.42 Å². The Bertz CT molecular complexity index is 69.3. The molecule has 0 rings (SSSR count). The van der Waals surface area contributed by atoms with E-state index in [0.717, 1.165) is 6.29 Å². The molecule has 0 radical (unpaired) electrons. The Hall–Kier alpha value is -0.790. The second kappa shape index (κ2) is 10.2. The van der Waals surface area contributed by atoms with Crippen LogP contribution in [0.5, 0.6) is 0 Å². The van der Waals surface area contributed by atoms with Gasteiger partial charge in [-0.1, -0.05) is 13.5 Å². The van der Waals surface area contributed by atoms with Gasteiger partial charge in [-0.2, -0.15) is 0 Å². The van der Waals surface area contributed by atoms with Crippen LogP contribution in [-0.2, 0) is 4.79 Å². The van der Waals surface area contributed by atoms with Crippen molar-refractivity contribution in [3.8, 4) is 0 Å². The second-order valence-electron chi connectivity index (χ2n) is 1.72. The lowest BCUT2D eigenvalue weighted by Crippen LogP contribution is -1.97. The molecule has 0 aliphatic heterocycles. The predicted molar refractivity (Wildman–Crippen MR) is 40.2 cm³/mol. The van der Waals surface area contributed by atoms with E-state index >= 15 is 0 Å². The van der Waals surface area contributed by atoms with E-state index in [4.69, 9.17) is 0 Å². The van der Waals surface area contributed by atoms with Gasteiger partial charge < -0.3 is 9.69 Å². The van der Waals surface area contributed by atoms with Crippen LogP contribution in [-0.4, -0.2) is 25.3 Å². The van der Waals surface area contributed by atoms with E-state index in [2.05, 4.69) is 6.58 Å². The van der Waals surface area contributed by atoms with Crippen LogP contribution in [0.4, 0.5) is 0 Å². The molecule has 54 valence electrons. The zero-order valence-electron chi connectivity index (χ0n) is 6.42. The van der Waals surface area contributed by atoms with E-state index < -0.39 is 0 Å². The minimum Gasteiger partial charge on any atom is -0.384 e. The number of nitrogens with zero attached hydrogens (tertiary/aromatic N) is 1. The Morgan fingerprint density at radius 3 is 1.78 bits per heavy atom. The molecule has 0 heterocycles. The minimum atomic E-state index is 0.639. The molecule has 0 aromatic rings. The van der Waals surface area contributed by atoms with Gasteiger partial charge in [0.15, 0.2) is 0 Å². The lowest BCUT2D eigenvalue weighted by atomic mass is 10.6. The van der Waals surface area contributed by atoms with Crippen molar-refractivity contribution in [2.75, 3.05) is 14.1 Å². The first-order valence-corrected chi connectivity index (χ1v) is 2.91. The van der Waals surface area contributed by atoms with Crippen LogP contribution in [0.2, 0.25) is 0 Å². The molecule has 0 aromatic heterocycles. The topological polar surface area (TPSA) is 20.3 Å². The van der Waals surface area contributed by atoms with Crippen molar-refractivity contribution in [2.45, 2.75) is 13.3 Å². The third-order valence-electron chi connectivity index (χ3n) is 0.532. The Balaban J connectivity index is 0. The normalized spacial score (nSPS) is 6.56. The molecule has 0 fully saturated rings. The number of rotatable bonds is 2. The van der Waals surface area contributed by atoms with Crippen molar-refractivity contribution in [1.82, 2.24) is 4.90 Å². The number of carbonyl (C=O) groups excluding carboxylic acids is 1. The molecular formula is C7H15NO. The molecule has 0 saturated carbocycles. The molecule has 2 heteroatoms. The average molecular weight is 129 g/mol. The summed E-state index contributed by atoms with van der Waals surface area (Å²) in [5.41, 5.74) is 0. The summed E-state index contributed by atoms with van der Waals surface area (Å²) in [5, 5.41) is 0. The lowest BCUT2D eigenvalue weighted by Gasteiger charge is -1.98. The van der Waals surface area contributed by atoms with Crippen molar-refractivity contribution in [1.29, 1.82) is 0 Å². The summed E-state index contributed by atoms with van der Waals surface area (Å²) >= 11 is 0. The highest BCUT2D eigenvalue weighted by atomic mass is 16.1. The van der Waals surface area contributed by atoms with Gasteiger partial charge in [-0.05, 0) is 6.20 Å². The second-order valence-corrected chi connectivity index (χ2v) is 1.72. The van der Waals surface area contributed by atoms with Crippen LogP contribution < -0.4 is 0 Å². The summed E-state index contributed by atoms with van der Waals surface area (Å²) in [5.74, 6) is 0. The first kappa shape index (κ1) is 11.1. The van der Waals surface area contributed by atoms with E-state index in [1.807, 2.05) is 25.9 Å². The molecule has 0 atom stereocenters. The van der Waals surface area contributed by atoms with Gasteiger partial charge >= 0.3 is 0 Å². The zero-order chi connectivity index (χ0) is 7.70. The number of aldehydes is 1. The Kier molecular flexibility index (Phi) is 12.6. The van der Waals surface area contributed by atoms with E-state index in [1.165, 1.54) is 0 Å². The van der Waals surface area contributed by atoms with Crippen molar-refractivity contribution >= 4 is 6.29 Å². The Morgan fingerprint density at radius 2 is 1.78 bits per heavy atom. The SMILES string of the molecule is C=CN(C)C.CCC=O. The highest BCUT2D eigenvalue weighted by Crippen LogP contribution is 1.64. The van der Waals surface area contributed by atoms with Crippen molar-refractivity contribution in [3.05, 3.63) is 12.8 Å². The summed E-state index contributed by atoms with van der Waals surface area (Å²) in [6, 6.07) is 0. The van der Waals surface area contributed by atoms with Gasteiger partial charge in [0.1, 0.15) is 6.29 Å². The van der Waals surface area contributed by atoms with Crippen molar-refractivity contribution < 1.29 is 4.79 Å². The third kappa shape index (κ3) is 40.1. The summed E-state index contributed by atoms with van der Waals surface area (Å²) in [6.07, 6.45) is 3.26. The average Bonchev–Trinajstić information content (AvgIpc) is 1.89. The van der Waals surface area contributed by atoms with Gasteiger partial charge in [-0.15, -0.1) is 0 Å². The van der Waals surface area contributed by atoms with Crippen LogP contribution in [0.3, 0.4) is 0 Å². The van der Waals surface area contributed by atoms with Gasteiger partial charge in [0.2, 0.25) is 0 Å². The van der Waals surface area contributed by atoms with E-state index in [9.17, 15) is 4.79 Å². The molecule has 2 nitrogen and oxygen atoms in total. The van der Waals surface area contributed by atoms with Gasteiger partial charge in [0, 0.05) is 20.5 Å². The monoisotopic (exact) mass is 129 g/mol. The fourth-order valence-corrected chi connectivity index (χ4v) is 0. The van der Waals surface area contributed by atoms with Gasteiger partial charge in [-0.25, -0.2) is 0 Å². The van der Waals surface area contributed by atoms with Crippen LogP contribution in [0.25, 0.3) is 0 Å². The highest BCUT2D eigenvalue weighted by Gasteiger charge is 1.62. The fraction of sp³-hybridized carbons (Fsp3) is 0.571.